The molecule has 2 N–H and O–H groups in total. The lowest BCUT2D eigenvalue weighted by atomic mass is 9.91. The molecule has 0 saturated carbocycles. The van der Waals surface area contributed by atoms with E-state index in [1.165, 1.54) is 11.3 Å². The van der Waals surface area contributed by atoms with E-state index in [9.17, 15) is 14.7 Å². The van der Waals surface area contributed by atoms with Crippen molar-refractivity contribution in [1.82, 2.24) is 4.98 Å². The average molecular weight is 296 g/mol. The van der Waals surface area contributed by atoms with Crippen LogP contribution in [0.15, 0.2) is 0 Å². The summed E-state index contributed by atoms with van der Waals surface area (Å²) in [6, 6.07) is 0. The summed E-state index contributed by atoms with van der Waals surface area (Å²) in [7, 11) is 0. The van der Waals surface area contributed by atoms with Crippen LogP contribution in [0.5, 0.6) is 0 Å². The summed E-state index contributed by atoms with van der Waals surface area (Å²) in [6.07, 6.45) is 2.76. The first-order chi connectivity index (χ1) is 9.26. The predicted octanol–water partition coefficient (Wildman–Crippen LogP) is 3.02. The van der Waals surface area contributed by atoms with Crippen LogP contribution in [0.2, 0.25) is 0 Å². The highest BCUT2D eigenvalue weighted by molar-refractivity contribution is 7.15. The summed E-state index contributed by atoms with van der Waals surface area (Å²) in [5.74, 6) is -1.43. The zero-order chi connectivity index (χ0) is 14.9. The molecule has 5 nitrogen and oxygen atoms in total. The second-order valence-electron chi connectivity index (χ2n) is 6.40. The first kappa shape index (κ1) is 15.0. The molecular formula is C14H20N2O3S. The van der Waals surface area contributed by atoms with Gasteiger partial charge in [-0.2, -0.15) is 0 Å². The molecule has 1 unspecified atom stereocenters. The fraction of sp³-hybridized carbons (Fsp3) is 0.643. The van der Waals surface area contributed by atoms with E-state index in [4.69, 9.17) is 0 Å². The van der Waals surface area contributed by atoms with Gasteiger partial charge < -0.3 is 10.4 Å². The van der Waals surface area contributed by atoms with E-state index in [1.54, 1.807) is 0 Å². The van der Waals surface area contributed by atoms with Crippen molar-refractivity contribution in [3.63, 3.8) is 0 Å². The molecule has 0 saturated heterocycles. The molecule has 1 atom stereocenters. The molecule has 1 aliphatic rings. The third-order valence-corrected chi connectivity index (χ3v) is 4.24. The number of aromatic nitrogens is 1. The number of carboxylic acids is 1. The molecule has 1 aromatic rings. The van der Waals surface area contributed by atoms with Crippen LogP contribution < -0.4 is 5.32 Å². The van der Waals surface area contributed by atoms with Crippen molar-refractivity contribution in [2.75, 3.05) is 5.32 Å². The zero-order valence-corrected chi connectivity index (χ0v) is 12.8. The summed E-state index contributed by atoms with van der Waals surface area (Å²) < 4.78 is 0. The van der Waals surface area contributed by atoms with Crippen molar-refractivity contribution in [2.45, 2.75) is 52.4 Å². The standard InChI is InChI=1S/C14H20N2O3S/c1-14(2,3)7-10(17)15-13-16-11-8(12(18)19)5-4-6-9(11)20-13/h8H,4-7H2,1-3H3,(H,18,19)(H,15,16,17). The Morgan fingerprint density at radius 2 is 2.15 bits per heavy atom. The Labute approximate surface area is 122 Å². The predicted molar refractivity (Wildman–Crippen MR) is 78.1 cm³/mol. The molecular weight excluding hydrogens is 276 g/mol. The van der Waals surface area contributed by atoms with Crippen molar-refractivity contribution in [1.29, 1.82) is 0 Å². The molecule has 1 aromatic heterocycles. The first-order valence-electron chi connectivity index (χ1n) is 6.78. The number of carbonyl (C=O) groups is 2. The van der Waals surface area contributed by atoms with E-state index < -0.39 is 11.9 Å². The Morgan fingerprint density at radius 1 is 1.45 bits per heavy atom. The number of amides is 1. The summed E-state index contributed by atoms with van der Waals surface area (Å²) in [4.78, 5) is 28.4. The minimum absolute atomic E-state index is 0.0736. The number of carboxylic acid groups (broad SMARTS) is 1. The van der Waals surface area contributed by atoms with Gasteiger partial charge in [0.2, 0.25) is 5.91 Å². The van der Waals surface area contributed by atoms with Crippen molar-refractivity contribution >= 4 is 28.3 Å². The Bertz CT molecular complexity index is 531. The molecule has 0 bridgehead atoms. The van der Waals surface area contributed by atoms with Crippen molar-refractivity contribution in [3.05, 3.63) is 10.6 Å². The van der Waals surface area contributed by atoms with Crippen LogP contribution in [-0.2, 0) is 16.0 Å². The number of thiazole rings is 1. The maximum absolute atomic E-state index is 11.9. The van der Waals surface area contributed by atoms with Crippen LogP contribution >= 0.6 is 11.3 Å². The summed E-state index contributed by atoms with van der Waals surface area (Å²) in [6.45, 7) is 6.00. The van der Waals surface area contributed by atoms with E-state index in [-0.39, 0.29) is 11.3 Å². The Hall–Kier alpha value is -1.43. The van der Waals surface area contributed by atoms with Crippen LogP contribution in [0.1, 0.15) is 56.5 Å². The van der Waals surface area contributed by atoms with Crippen LogP contribution in [0.4, 0.5) is 5.13 Å². The summed E-state index contributed by atoms with van der Waals surface area (Å²) in [5, 5.41) is 12.5. The number of anilines is 1. The number of nitrogens with one attached hydrogen (secondary N) is 1. The number of hydrogen-bond donors (Lipinski definition) is 2. The highest BCUT2D eigenvalue weighted by Crippen LogP contribution is 2.37. The second kappa shape index (κ2) is 5.52. The fourth-order valence-electron chi connectivity index (χ4n) is 2.36. The number of aryl methyl sites for hydroxylation is 1. The average Bonchev–Trinajstić information content (AvgIpc) is 2.67. The molecule has 0 aromatic carbocycles. The molecule has 2 rings (SSSR count). The Balaban J connectivity index is 2.12. The van der Waals surface area contributed by atoms with Gasteiger partial charge in [-0.3, -0.25) is 9.59 Å². The first-order valence-corrected chi connectivity index (χ1v) is 7.60. The maximum atomic E-state index is 11.9. The normalized spacial score (nSPS) is 18.4. The van der Waals surface area contributed by atoms with Crippen LogP contribution in [0.3, 0.4) is 0 Å². The molecule has 0 fully saturated rings. The van der Waals surface area contributed by atoms with Crippen LogP contribution in [0, 0.1) is 5.41 Å². The lowest BCUT2D eigenvalue weighted by Gasteiger charge is -2.16. The van der Waals surface area contributed by atoms with E-state index >= 15 is 0 Å². The lowest BCUT2D eigenvalue weighted by Crippen LogP contribution is -2.20. The van der Waals surface area contributed by atoms with Gasteiger partial charge in [-0.1, -0.05) is 20.8 Å². The van der Waals surface area contributed by atoms with E-state index in [1.807, 2.05) is 20.8 Å². The van der Waals surface area contributed by atoms with Gasteiger partial charge in [0.05, 0.1) is 5.69 Å². The zero-order valence-electron chi connectivity index (χ0n) is 12.0. The quantitative estimate of drug-likeness (QED) is 0.898. The molecule has 1 heterocycles. The largest absolute Gasteiger partial charge is 0.481 e. The van der Waals surface area contributed by atoms with Gasteiger partial charge in [-0.15, -0.1) is 11.3 Å². The highest BCUT2D eigenvalue weighted by atomic mass is 32.1. The number of carbonyl (C=O) groups excluding carboxylic acids is 1. The third-order valence-electron chi connectivity index (χ3n) is 3.19. The SMILES string of the molecule is CC(C)(C)CC(=O)Nc1nc2c(s1)CCCC2C(=O)O. The summed E-state index contributed by atoms with van der Waals surface area (Å²) in [5.41, 5.74) is 0.560. The van der Waals surface area contributed by atoms with Gasteiger partial charge in [-0.25, -0.2) is 4.98 Å². The molecule has 0 spiro atoms. The van der Waals surface area contributed by atoms with Crippen molar-refractivity contribution < 1.29 is 14.7 Å². The number of rotatable bonds is 3. The number of aliphatic carboxylic acids is 1. The smallest absolute Gasteiger partial charge is 0.312 e. The van der Waals surface area contributed by atoms with Gasteiger partial charge >= 0.3 is 5.97 Å². The maximum Gasteiger partial charge on any atom is 0.312 e. The Kier molecular flexibility index (Phi) is 4.13. The fourth-order valence-corrected chi connectivity index (χ4v) is 3.44. The lowest BCUT2D eigenvalue weighted by molar-refractivity contribution is -0.139. The van der Waals surface area contributed by atoms with Crippen LogP contribution in [0.25, 0.3) is 0 Å². The minimum atomic E-state index is -0.830. The van der Waals surface area contributed by atoms with Gasteiger partial charge in [0.1, 0.15) is 5.92 Å². The highest BCUT2D eigenvalue weighted by Gasteiger charge is 2.30. The van der Waals surface area contributed by atoms with Gasteiger partial charge in [-0.05, 0) is 24.7 Å². The van der Waals surface area contributed by atoms with Gasteiger partial charge in [0.25, 0.3) is 0 Å². The second-order valence-corrected chi connectivity index (χ2v) is 7.48. The topological polar surface area (TPSA) is 79.3 Å². The minimum Gasteiger partial charge on any atom is -0.481 e. The molecule has 110 valence electrons. The molecule has 0 radical (unpaired) electrons. The van der Waals surface area contributed by atoms with E-state index in [2.05, 4.69) is 10.3 Å². The van der Waals surface area contributed by atoms with Crippen LogP contribution in [-0.4, -0.2) is 22.0 Å². The van der Waals surface area contributed by atoms with Crippen molar-refractivity contribution in [2.24, 2.45) is 5.41 Å². The van der Waals surface area contributed by atoms with E-state index in [0.717, 1.165) is 17.7 Å². The summed E-state index contributed by atoms with van der Waals surface area (Å²) >= 11 is 1.40. The van der Waals surface area contributed by atoms with Crippen molar-refractivity contribution in [3.8, 4) is 0 Å². The molecule has 6 heteroatoms. The molecule has 1 aliphatic carbocycles. The Morgan fingerprint density at radius 3 is 2.75 bits per heavy atom. The molecule has 0 aliphatic heterocycles. The monoisotopic (exact) mass is 296 g/mol. The number of hydrogen-bond acceptors (Lipinski definition) is 4. The molecule has 20 heavy (non-hydrogen) atoms. The number of fused-ring (bicyclic) bond motifs is 1. The van der Waals surface area contributed by atoms with Gasteiger partial charge in [0.15, 0.2) is 5.13 Å². The van der Waals surface area contributed by atoms with E-state index in [0.29, 0.717) is 23.7 Å². The molecule has 1 amide bonds. The third kappa shape index (κ3) is 3.56. The number of nitrogens with zero attached hydrogens (tertiary/aromatic N) is 1. The van der Waals surface area contributed by atoms with Gasteiger partial charge in [0, 0.05) is 11.3 Å².